The van der Waals surface area contributed by atoms with Crippen molar-refractivity contribution in [1.82, 2.24) is 9.80 Å². The van der Waals surface area contributed by atoms with Gasteiger partial charge in [0, 0.05) is 18.6 Å². The summed E-state index contributed by atoms with van der Waals surface area (Å²) in [5.41, 5.74) is 0. The van der Waals surface area contributed by atoms with E-state index in [0.29, 0.717) is 0 Å². The third kappa shape index (κ3) is 2.26. The summed E-state index contributed by atoms with van der Waals surface area (Å²) in [6.45, 7) is 5.09. The molecule has 2 nitrogen and oxygen atoms in total. The zero-order chi connectivity index (χ0) is 11.7. The minimum absolute atomic E-state index is 0.830. The van der Waals surface area contributed by atoms with E-state index in [1.54, 1.807) is 0 Å². The predicted molar refractivity (Wildman–Crippen MR) is 72.0 cm³/mol. The van der Waals surface area contributed by atoms with Crippen LogP contribution in [0.5, 0.6) is 0 Å². The normalized spacial score (nSPS) is 39.0. The summed E-state index contributed by atoms with van der Waals surface area (Å²) in [6, 6.07) is 1.85. The molecule has 0 bridgehead atoms. The number of rotatable bonds is 3. The summed E-state index contributed by atoms with van der Waals surface area (Å²) < 4.78 is 0. The molecule has 0 saturated carbocycles. The molecule has 3 rings (SSSR count). The Hall–Kier alpha value is -0.0800. The van der Waals surface area contributed by atoms with Crippen molar-refractivity contribution in [3.05, 3.63) is 0 Å². The van der Waals surface area contributed by atoms with Crippen LogP contribution in [0.2, 0.25) is 0 Å². The molecular weight excluding hydrogens is 208 g/mol. The number of nitrogens with zero attached hydrogens (tertiary/aromatic N) is 2. The molecule has 0 aliphatic carbocycles. The average Bonchev–Trinajstić information content (AvgIpc) is 2.85. The average molecular weight is 236 g/mol. The zero-order valence-corrected chi connectivity index (χ0v) is 11.4. The van der Waals surface area contributed by atoms with E-state index in [1.165, 1.54) is 70.9 Å². The molecule has 98 valence electrons. The zero-order valence-electron chi connectivity index (χ0n) is 11.4. The predicted octanol–water partition coefficient (Wildman–Crippen LogP) is 3.23. The Bertz CT molecular complexity index is 253. The van der Waals surface area contributed by atoms with Crippen molar-refractivity contribution in [2.24, 2.45) is 0 Å². The number of hydrogen-bond acceptors (Lipinski definition) is 2. The van der Waals surface area contributed by atoms with E-state index in [1.807, 2.05) is 0 Å². The highest BCUT2D eigenvalue weighted by Gasteiger charge is 2.43. The molecule has 0 amide bonds. The monoisotopic (exact) mass is 236 g/mol. The first-order valence-corrected chi connectivity index (χ1v) is 7.91. The molecule has 3 fully saturated rings. The molecule has 3 aliphatic heterocycles. The molecule has 3 saturated heterocycles. The van der Waals surface area contributed by atoms with Crippen molar-refractivity contribution in [2.75, 3.05) is 13.1 Å². The van der Waals surface area contributed by atoms with Crippen LogP contribution in [0.25, 0.3) is 0 Å². The van der Waals surface area contributed by atoms with Crippen LogP contribution in [0, 0.1) is 0 Å². The first-order chi connectivity index (χ1) is 8.40. The Kier molecular flexibility index (Phi) is 3.72. The number of piperidine rings is 1. The van der Waals surface area contributed by atoms with Crippen molar-refractivity contribution in [1.29, 1.82) is 0 Å². The first-order valence-electron chi connectivity index (χ1n) is 7.91. The summed E-state index contributed by atoms with van der Waals surface area (Å²) >= 11 is 0. The van der Waals surface area contributed by atoms with Gasteiger partial charge in [0.15, 0.2) is 0 Å². The van der Waals surface area contributed by atoms with Gasteiger partial charge in [0.2, 0.25) is 0 Å². The highest BCUT2D eigenvalue weighted by Crippen LogP contribution is 2.37. The third-order valence-electron chi connectivity index (χ3n) is 5.22. The summed E-state index contributed by atoms with van der Waals surface area (Å²) in [4.78, 5) is 5.72. The van der Waals surface area contributed by atoms with Crippen molar-refractivity contribution in [2.45, 2.75) is 83.0 Å². The van der Waals surface area contributed by atoms with Gasteiger partial charge in [-0.15, -0.1) is 0 Å². The van der Waals surface area contributed by atoms with Crippen molar-refractivity contribution in [3.8, 4) is 0 Å². The van der Waals surface area contributed by atoms with Gasteiger partial charge in [-0.25, -0.2) is 0 Å². The van der Waals surface area contributed by atoms with Crippen LogP contribution in [-0.2, 0) is 0 Å². The molecule has 3 atom stereocenters. The van der Waals surface area contributed by atoms with Crippen molar-refractivity contribution in [3.63, 3.8) is 0 Å². The minimum Gasteiger partial charge on any atom is -0.285 e. The SMILES string of the molecule is CCCC[C@H]1C[C@H]2CCCCN2[C@H]2CCCN12. The van der Waals surface area contributed by atoms with E-state index in [0.717, 1.165) is 18.2 Å². The molecule has 0 aromatic carbocycles. The van der Waals surface area contributed by atoms with Crippen LogP contribution in [0.15, 0.2) is 0 Å². The Balaban J connectivity index is 1.70. The summed E-state index contributed by atoms with van der Waals surface area (Å²) in [5.74, 6) is 0. The smallest absolute Gasteiger partial charge is 0.0627 e. The maximum Gasteiger partial charge on any atom is 0.0627 e. The Morgan fingerprint density at radius 2 is 1.88 bits per heavy atom. The molecule has 0 aromatic heterocycles. The quantitative estimate of drug-likeness (QED) is 0.742. The minimum atomic E-state index is 0.830. The topological polar surface area (TPSA) is 6.48 Å². The second-order valence-electron chi connectivity index (χ2n) is 6.28. The van der Waals surface area contributed by atoms with Gasteiger partial charge >= 0.3 is 0 Å². The largest absolute Gasteiger partial charge is 0.285 e. The summed E-state index contributed by atoms with van der Waals surface area (Å²) in [7, 11) is 0. The van der Waals surface area contributed by atoms with Crippen LogP contribution >= 0.6 is 0 Å². The maximum absolute atomic E-state index is 2.86. The fourth-order valence-electron chi connectivity index (χ4n) is 4.39. The third-order valence-corrected chi connectivity index (χ3v) is 5.22. The summed E-state index contributed by atoms with van der Waals surface area (Å²) in [5, 5.41) is 0. The van der Waals surface area contributed by atoms with Crippen LogP contribution < -0.4 is 0 Å². The molecular formula is C15H28N2. The number of hydrogen-bond donors (Lipinski definition) is 0. The lowest BCUT2D eigenvalue weighted by molar-refractivity contribution is -0.0610. The highest BCUT2D eigenvalue weighted by molar-refractivity contribution is 4.96. The standard InChI is InChI=1S/C15H28N2/c1-2-3-7-13-12-14-8-4-5-10-16(14)15-9-6-11-17(13)15/h13-15H,2-12H2,1H3/t13-,14+,15+/m0/s1. The summed E-state index contributed by atoms with van der Waals surface area (Å²) in [6.07, 6.45) is 13.8. The van der Waals surface area contributed by atoms with Gasteiger partial charge in [-0.1, -0.05) is 26.2 Å². The molecule has 0 aromatic rings. The lowest BCUT2D eigenvalue weighted by Gasteiger charge is -2.51. The van der Waals surface area contributed by atoms with Gasteiger partial charge in [0.25, 0.3) is 0 Å². The van der Waals surface area contributed by atoms with Crippen LogP contribution in [0.3, 0.4) is 0 Å². The van der Waals surface area contributed by atoms with E-state index < -0.39 is 0 Å². The van der Waals surface area contributed by atoms with Crippen LogP contribution in [0.1, 0.15) is 64.7 Å². The van der Waals surface area contributed by atoms with Gasteiger partial charge in [-0.3, -0.25) is 9.80 Å². The second kappa shape index (κ2) is 5.27. The fourth-order valence-corrected chi connectivity index (χ4v) is 4.39. The van der Waals surface area contributed by atoms with Gasteiger partial charge in [0.05, 0.1) is 6.17 Å². The van der Waals surface area contributed by atoms with Crippen molar-refractivity contribution >= 4 is 0 Å². The van der Waals surface area contributed by atoms with Gasteiger partial charge in [0.1, 0.15) is 0 Å². The molecule has 0 unspecified atom stereocenters. The molecule has 17 heavy (non-hydrogen) atoms. The lowest BCUT2D eigenvalue weighted by atomic mass is 9.89. The molecule has 3 aliphatic rings. The van der Waals surface area contributed by atoms with Crippen LogP contribution in [0.4, 0.5) is 0 Å². The molecule has 0 spiro atoms. The van der Waals surface area contributed by atoms with E-state index in [-0.39, 0.29) is 0 Å². The van der Waals surface area contributed by atoms with Gasteiger partial charge in [-0.2, -0.15) is 0 Å². The molecule has 0 radical (unpaired) electrons. The Morgan fingerprint density at radius 1 is 1.00 bits per heavy atom. The van der Waals surface area contributed by atoms with E-state index in [9.17, 15) is 0 Å². The molecule has 2 heteroatoms. The van der Waals surface area contributed by atoms with E-state index in [2.05, 4.69) is 16.7 Å². The lowest BCUT2D eigenvalue weighted by Crippen LogP contribution is -2.60. The fraction of sp³-hybridized carbons (Fsp3) is 1.00. The Labute approximate surface area is 106 Å². The maximum atomic E-state index is 2.86. The number of unbranched alkanes of at least 4 members (excludes halogenated alkanes) is 1. The highest BCUT2D eigenvalue weighted by atomic mass is 15.4. The van der Waals surface area contributed by atoms with E-state index in [4.69, 9.17) is 0 Å². The first kappa shape index (κ1) is 12.0. The van der Waals surface area contributed by atoms with Gasteiger partial charge in [-0.05, 0) is 45.1 Å². The number of fused-ring (bicyclic) bond motifs is 3. The van der Waals surface area contributed by atoms with Gasteiger partial charge < -0.3 is 0 Å². The molecule has 3 heterocycles. The van der Waals surface area contributed by atoms with Crippen molar-refractivity contribution < 1.29 is 0 Å². The Morgan fingerprint density at radius 3 is 2.76 bits per heavy atom. The van der Waals surface area contributed by atoms with Crippen LogP contribution in [-0.4, -0.2) is 41.1 Å². The van der Waals surface area contributed by atoms with E-state index >= 15 is 0 Å². The second-order valence-corrected chi connectivity index (χ2v) is 6.28. The molecule has 0 N–H and O–H groups in total.